The van der Waals surface area contributed by atoms with Gasteiger partial charge in [-0.1, -0.05) is 115 Å². The third-order valence-corrected chi connectivity index (χ3v) is 9.65. The average molecular weight is 637 g/mol. The summed E-state index contributed by atoms with van der Waals surface area (Å²) in [6.45, 7) is 0. The van der Waals surface area contributed by atoms with Gasteiger partial charge in [-0.15, -0.1) is 0 Å². The van der Waals surface area contributed by atoms with Crippen molar-refractivity contribution >= 4 is 54.4 Å². The van der Waals surface area contributed by atoms with Crippen LogP contribution in [0.4, 0.5) is 0 Å². The number of pyridine rings is 4. The maximum absolute atomic E-state index is 5.14. The highest BCUT2D eigenvalue weighted by atomic mass is 14.8. The minimum Gasteiger partial charge on any atom is -0.254 e. The molecule has 0 aliphatic heterocycles. The highest BCUT2D eigenvalue weighted by molar-refractivity contribution is 6.03. The normalized spacial score (nSPS) is 11.6. The maximum atomic E-state index is 5.14. The molecule has 10 aromatic rings. The van der Waals surface area contributed by atoms with Gasteiger partial charge in [0.15, 0.2) is 0 Å². The molecule has 0 fully saturated rings. The van der Waals surface area contributed by atoms with Gasteiger partial charge in [-0.25, -0.2) is 15.0 Å². The van der Waals surface area contributed by atoms with Crippen molar-refractivity contribution in [3.8, 4) is 44.9 Å². The maximum Gasteiger partial charge on any atom is 0.0972 e. The molecule has 0 saturated heterocycles. The molecule has 0 aliphatic carbocycles. The van der Waals surface area contributed by atoms with Gasteiger partial charge in [0.1, 0.15) is 0 Å². The molecule has 4 heteroatoms. The lowest BCUT2D eigenvalue weighted by Crippen LogP contribution is -1.89. The van der Waals surface area contributed by atoms with Crippen molar-refractivity contribution in [1.29, 1.82) is 0 Å². The van der Waals surface area contributed by atoms with E-state index >= 15 is 0 Å². The highest BCUT2D eigenvalue weighted by Gasteiger charge is 2.10. The van der Waals surface area contributed by atoms with Crippen LogP contribution in [0.3, 0.4) is 0 Å². The minimum absolute atomic E-state index is 0.927. The first-order valence-electron chi connectivity index (χ1n) is 16.8. The van der Waals surface area contributed by atoms with Crippen LogP contribution in [0.25, 0.3) is 99.3 Å². The number of benzene rings is 6. The summed E-state index contributed by atoms with van der Waals surface area (Å²) in [6, 6.07) is 57.4. The zero-order valence-corrected chi connectivity index (χ0v) is 27.0. The van der Waals surface area contributed by atoms with E-state index in [0.717, 1.165) is 99.3 Å². The van der Waals surface area contributed by atoms with E-state index in [1.807, 2.05) is 30.5 Å². The minimum atomic E-state index is 0.927. The van der Waals surface area contributed by atoms with Crippen LogP contribution >= 0.6 is 0 Å². The van der Waals surface area contributed by atoms with Crippen LogP contribution in [0.1, 0.15) is 0 Å². The molecule has 0 saturated carbocycles. The summed E-state index contributed by atoms with van der Waals surface area (Å²) in [5, 5.41) is 6.74. The largest absolute Gasteiger partial charge is 0.254 e. The predicted octanol–water partition coefficient (Wildman–Crippen LogP) is 11.7. The zero-order chi connectivity index (χ0) is 33.0. The SMILES string of the molecule is c1ccc(-c2ccc3ccc(-c4ccc5ccc(-c6ccc7cc(-c8ccc9ccc%10cccnc%10c9n8)ccc7c6)nc5c4)cc3n2)cc1. The molecule has 4 heterocycles. The monoisotopic (exact) mass is 636 g/mol. The van der Waals surface area contributed by atoms with Crippen molar-refractivity contribution in [2.75, 3.05) is 0 Å². The highest BCUT2D eigenvalue weighted by Crippen LogP contribution is 2.32. The van der Waals surface area contributed by atoms with Gasteiger partial charge in [0.2, 0.25) is 0 Å². The Labute approximate surface area is 288 Å². The van der Waals surface area contributed by atoms with Crippen molar-refractivity contribution in [2.24, 2.45) is 0 Å². The second kappa shape index (κ2) is 11.4. The smallest absolute Gasteiger partial charge is 0.0972 e. The van der Waals surface area contributed by atoms with Gasteiger partial charge in [0, 0.05) is 44.4 Å². The van der Waals surface area contributed by atoms with E-state index in [1.165, 1.54) is 0 Å². The van der Waals surface area contributed by atoms with E-state index in [-0.39, 0.29) is 0 Å². The van der Waals surface area contributed by atoms with Crippen molar-refractivity contribution in [2.45, 2.75) is 0 Å². The third kappa shape index (κ3) is 4.94. The number of aromatic nitrogens is 4. The molecular weight excluding hydrogens is 609 g/mol. The lowest BCUT2D eigenvalue weighted by Gasteiger charge is -2.10. The molecule has 0 aliphatic rings. The molecule has 4 aromatic heterocycles. The van der Waals surface area contributed by atoms with Gasteiger partial charge in [-0.2, -0.15) is 0 Å². The van der Waals surface area contributed by atoms with Crippen molar-refractivity contribution < 1.29 is 0 Å². The number of hydrogen-bond acceptors (Lipinski definition) is 4. The number of hydrogen-bond donors (Lipinski definition) is 0. The fourth-order valence-corrected chi connectivity index (χ4v) is 6.97. The summed E-state index contributed by atoms with van der Waals surface area (Å²) in [5.41, 5.74) is 12.2. The van der Waals surface area contributed by atoms with Crippen molar-refractivity contribution in [3.63, 3.8) is 0 Å². The molecule has 0 amide bonds. The zero-order valence-electron chi connectivity index (χ0n) is 27.0. The van der Waals surface area contributed by atoms with Gasteiger partial charge in [0.25, 0.3) is 0 Å². The van der Waals surface area contributed by atoms with Crippen molar-refractivity contribution in [1.82, 2.24) is 19.9 Å². The van der Waals surface area contributed by atoms with Gasteiger partial charge in [-0.3, -0.25) is 4.98 Å². The number of nitrogens with zero attached hydrogens (tertiary/aromatic N) is 4. The van der Waals surface area contributed by atoms with Gasteiger partial charge in [-0.05, 0) is 70.4 Å². The Hall–Kier alpha value is -6.78. The van der Waals surface area contributed by atoms with Crippen LogP contribution in [-0.4, -0.2) is 19.9 Å². The number of rotatable bonds is 4. The second-order valence-electron chi connectivity index (χ2n) is 12.8. The fraction of sp³-hybridized carbons (Fsp3) is 0. The summed E-state index contributed by atoms with van der Waals surface area (Å²) in [5.74, 6) is 0. The van der Waals surface area contributed by atoms with Crippen LogP contribution in [0.15, 0.2) is 170 Å². The molecule has 10 rings (SSSR count). The van der Waals surface area contributed by atoms with Crippen molar-refractivity contribution in [3.05, 3.63) is 170 Å². The standard InChI is InChI=1S/C46H28N4/c1-2-5-29(6-3-1)40-21-18-30-8-12-36(27-43(30)48-40)37-13-9-31-19-22-41(49-44(31)28-37)38-16-14-35-26-39(17-15-34(35)25-38)42-23-20-33-11-10-32-7-4-24-47-45(32)46(33)50-42/h1-28H. The molecule has 232 valence electrons. The van der Waals surface area contributed by atoms with Gasteiger partial charge in [0.05, 0.1) is 39.1 Å². The third-order valence-electron chi connectivity index (χ3n) is 9.65. The van der Waals surface area contributed by atoms with E-state index in [1.54, 1.807) is 0 Å². The molecule has 0 unspecified atom stereocenters. The molecule has 0 radical (unpaired) electrons. The topological polar surface area (TPSA) is 51.6 Å². The quantitative estimate of drug-likeness (QED) is 0.180. The summed E-state index contributed by atoms with van der Waals surface area (Å²) >= 11 is 0. The van der Waals surface area contributed by atoms with Crippen LogP contribution in [0.2, 0.25) is 0 Å². The second-order valence-corrected chi connectivity index (χ2v) is 12.8. The molecule has 0 atom stereocenters. The molecule has 6 aromatic carbocycles. The van der Waals surface area contributed by atoms with Crippen LogP contribution in [-0.2, 0) is 0 Å². The van der Waals surface area contributed by atoms with E-state index < -0.39 is 0 Å². The molecule has 0 spiro atoms. The predicted molar refractivity (Wildman–Crippen MR) is 207 cm³/mol. The molecule has 4 nitrogen and oxygen atoms in total. The van der Waals surface area contributed by atoms with Crippen LogP contribution in [0, 0.1) is 0 Å². The lowest BCUT2D eigenvalue weighted by atomic mass is 9.99. The van der Waals surface area contributed by atoms with Gasteiger partial charge < -0.3 is 0 Å². The Morgan fingerprint density at radius 2 is 0.760 bits per heavy atom. The lowest BCUT2D eigenvalue weighted by molar-refractivity contribution is 1.37. The van der Waals surface area contributed by atoms with E-state index in [4.69, 9.17) is 15.0 Å². The summed E-state index contributed by atoms with van der Waals surface area (Å²) < 4.78 is 0. The molecule has 0 bridgehead atoms. The van der Waals surface area contributed by atoms with Crippen LogP contribution in [0.5, 0.6) is 0 Å². The molecule has 0 N–H and O–H groups in total. The summed E-state index contributed by atoms with van der Waals surface area (Å²) in [7, 11) is 0. The van der Waals surface area contributed by atoms with E-state index in [0.29, 0.717) is 0 Å². The Kier molecular flexibility index (Phi) is 6.46. The first-order valence-corrected chi connectivity index (χ1v) is 16.8. The molecule has 50 heavy (non-hydrogen) atoms. The first kappa shape index (κ1) is 28.3. The fourth-order valence-electron chi connectivity index (χ4n) is 6.97. The summed E-state index contributed by atoms with van der Waals surface area (Å²) in [4.78, 5) is 19.8. The molecular formula is C46H28N4. The van der Waals surface area contributed by atoms with E-state index in [9.17, 15) is 0 Å². The van der Waals surface area contributed by atoms with Gasteiger partial charge >= 0.3 is 0 Å². The van der Waals surface area contributed by atoms with Crippen LogP contribution < -0.4 is 0 Å². The average Bonchev–Trinajstić information content (AvgIpc) is 3.19. The Bertz CT molecular complexity index is 2930. The Morgan fingerprint density at radius 1 is 0.280 bits per heavy atom. The van der Waals surface area contributed by atoms with E-state index in [2.05, 4.69) is 145 Å². The summed E-state index contributed by atoms with van der Waals surface area (Å²) in [6.07, 6.45) is 1.83. The first-order chi connectivity index (χ1) is 24.7. The Balaban J connectivity index is 0.978. The Morgan fingerprint density at radius 3 is 1.40 bits per heavy atom. The number of fused-ring (bicyclic) bond motifs is 6.